The van der Waals surface area contributed by atoms with E-state index in [1.165, 1.54) is 0 Å². The van der Waals surface area contributed by atoms with Crippen LogP contribution in [0.25, 0.3) is 11.1 Å². The van der Waals surface area contributed by atoms with Gasteiger partial charge in [-0.3, -0.25) is 14.9 Å². The molecule has 140 valence electrons. The number of carbonyl (C=O) groups is 3. The molecule has 1 aliphatic carbocycles. The minimum Gasteiger partial charge on any atom is -0.478 e. The number of thioether (sulfide) groups is 1. The van der Waals surface area contributed by atoms with Crippen molar-refractivity contribution >= 4 is 46.3 Å². The molecule has 1 saturated heterocycles. The van der Waals surface area contributed by atoms with E-state index in [1.807, 2.05) is 24.5 Å². The molecule has 0 spiro atoms. The zero-order chi connectivity index (χ0) is 19.3. The number of amides is 2. The third-order valence-electron chi connectivity index (χ3n) is 4.97. The van der Waals surface area contributed by atoms with E-state index in [2.05, 4.69) is 5.32 Å². The SMILES string of the molecule is Cc1cc(C=C2SC(=O)NC2=O)c(C)n1-c1sc2c(c1C(=O)O)CCCC2. The van der Waals surface area contributed by atoms with E-state index in [4.69, 9.17) is 0 Å². The first-order valence-electron chi connectivity index (χ1n) is 8.69. The molecule has 0 radical (unpaired) electrons. The molecule has 0 unspecified atom stereocenters. The third-order valence-corrected chi connectivity index (χ3v) is 7.06. The monoisotopic (exact) mass is 402 g/mol. The number of carboxylic acid groups (broad SMARTS) is 1. The number of aromatic carboxylic acids is 1. The lowest BCUT2D eigenvalue weighted by atomic mass is 9.95. The number of aromatic nitrogens is 1. The lowest BCUT2D eigenvalue weighted by Crippen LogP contribution is -2.17. The van der Waals surface area contributed by atoms with E-state index in [-0.39, 0.29) is 5.24 Å². The van der Waals surface area contributed by atoms with Gasteiger partial charge in [-0.25, -0.2) is 4.79 Å². The minimum absolute atomic E-state index is 0.351. The lowest BCUT2D eigenvalue weighted by molar-refractivity contribution is -0.115. The Balaban J connectivity index is 1.85. The molecule has 0 atom stereocenters. The molecule has 2 aliphatic rings. The fourth-order valence-electron chi connectivity index (χ4n) is 3.74. The highest BCUT2D eigenvalue weighted by Gasteiger charge is 2.29. The second-order valence-electron chi connectivity index (χ2n) is 6.71. The number of carbonyl (C=O) groups excluding carboxylic acids is 2. The second kappa shape index (κ2) is 6.69. The summed E-state index contributed by atoms with van der Waals surface area (Å²) in [7, 11) is 0. The van der Waals surface area contributed by atoms with Gasteiger partial charge in [-0.15, -0.1) is 11.3 Å². The molecule has 2 aromatic heterocycles. The maximum absolute atomic E-state index is 12.0. The summed E-state index contributed by atoms with van der Waals surface area (Å²) in [6, 6.07) is 1.92. The van der Waals surface area contributed by atoms with Crippen LogP contribution in [0.4, 0.5) is 4.79 Å². The summed E-state index contributed by atoms with van der Waals surface area (Å²) in [4.78, 5) is 36.7. The van der Waals surface area contributed by atoms with Gasteiger partial charge in [0.15, 0.2) is 0 Å². The number of nitrogens with zero attached hydrogens (tertiary/aromatic N) is 1. The topological polar surface area (TPSA) is 88.4 Å². The van der Waals surface area contributed by atoms with E-state index in [0.717, 1.165) is 69.8 Å². The van der Waals surface area contributed by atoms with E-state index >= 15 is 0 Å². The molecule has 27 heavy (non-hydrogen) atoms. The number of imide groups is 1. The van der Waals surface area contributed by atoms with Gasteiger partial charge in [-0.1, -0.05) is 0 Å². The normalized spacial score (nSPS) is 18.1. The van der Waals surface area contributed by atoms with Crippen LogP contribution >= 0.6 is 23.1 Å². The Morgan fingerprint density at radius 1 is 1.26 bits per heavy atom. The predicted octanol–water partition coefficient (Wildman–Crippen LogP) is 4.06. The highest BCUT2D eigenvalue weighted by Crippen LogP contribution is 2.39. The number of thiophene rings is 1. The first-order chi connectivity index (χ1) is 12.9. The van der Waals surface area contributed by atoms with Crippen molar-refractivity contribution in [3.63, 3.8) is 0 Å². The molecular weight excluding hydrogens is 384 g/mol. The number of nitrogens with one attached hydrogen (secondary N) is 1. The number of fused-ring (bicyclic) bond motifs is 1. The number of hydrogen-bond donors (Lipinski definition) is 2. The van der Waals surface area contributed by atoms with Gasteiger partial charge in [0.25, 0.3) is 11.1 Å². The average molecular weight is 402 g/mol. The fraction of sp³-hybridized carbons (Fsp3) is 0.316. The largest absolute Gasteiger partial charge is 0.478 e. The van der Waals surface area contributed by atoms with E-state index in [1.54, 1.807) is 17.4 Å². The average Bonchev–Trinajstić information content (AvgIpc) is 3.21. The van der Waals surface area contributed by atoms with Gasteiger partial charge in [0, 0.05) is 16.3 Å². The van der Waals surface area contributed by atoms with Crippen LogP contribution in [-0.2, 0) is 17.6 Å². The highest BCUT2D eigenvalue weighted by atomic mass is 32.2. The Morgan fingerprint density at radius 2 is 2.00 bits per heavy atom. The Kier molecular flexibility index (Phi) is 4.47. The van der Waals surface area contributed by atoms with E-state index in [9.17, 15) is 19.5 Å². The Morgan fingerprint density at radius 3 is 2.67 bits per heavy atom. The molecule has 8 heteroatoms. The summed E-state index contributed by atoms with van der Waals surface area (Å²) in [5, 5.41) is 12.4. The summed E-state index contributed by atoms with van der Waals surface area (Å²) in [5.41, 5.74) is 3.93. The maximum Gasteiger partial charge on any atom is 0.339 e. The maximum atomic E-state index is 12.0. The minimum atomic E-state index is -0.895. The zero-order valence-corrected chi connectivity index (χ0v) is 16.6. The van der Waals surface area contributed by atoms with Crippen LogP contribution in [0.1, 0.15) is 50.6 Å². The summed E-state index contributed by atoms with van der Waals surface area (Å²) in [6.45, 7) is 3.83. The van der Waals surface area contributed by atoms with E-state index < -0.39 is 11.9 Å². The molecular formula is C19H18N2O4S2. The number of rotatable bonds is 3. The molecule has 0 saturated carbocycles. The molecule has 3 heterocycles. The van der Waals surface area contributed by atoms with Crippen LogP contribution in [0.2, 0.25) is 0 Å². The summed E-state index contributed by atoms with van der Waals surface area (Å²) in [5.74, 6) is -1.29. The van der Waals surface area contributed by atoms with Gasteiger partial charge in [0.1, 0.15) is 5.00 Å². The van der Waals surface area contributed by atoms with Crippen molar-refractivity contribution < 1.29 is 19.5 Å². The summed E-state index contributed by atoms with van der Waals surface area (Å²) >= 11 is 2.43. The van der Waals surface area contributed by atoms with Crippen molar-refractivity contribution in [2.24, 2.45) is 0 Å². The molecule has 1 fully saturated rings. The van der Waals surface area contributed by atoms with Crippen molar-refractivity contribution in [2.75, 3.05) is 0 Å². The number of hydrogen-bond acceptors (Lipinski definition) is 5. The van der Waals surface area contributed by atoms with Crippen molar-refractivity contribution in [2.45, 2.75) is 39.5 Å². The molecule has 1 aliphatic heterocycles. The molecule has 0 aromatic carbocycles. The summed E-state index contributed by atoms with van der Waals surface area (Å²) in [6.07, 6.45) is 5.54. The molecule has 6 nitrogen and oxygen atoms in total. The molecule has 4 rings (SSSR count). The molecule has 2 N–H and O–H groups in total. The first kappa shape index (κ1) is 18.1. The standard InChI is InChI=1S/C19H18N2O4S2/c1-9-7-11(8-14-16(22)20-19(25)27-14)10(2)21(9)17-15(18(23)24)12-5-3-4-6-13(12)26-17/h7-8H,3-6H2,1-2H3,(H,23,24)(H,20,22,25). The fourth-order valence-corrected chi connectivity index (χ4v) is 5.90. The number of carboxylic acids is 1. The Hall–Kier alpha value is -2.32. The van der Waals surface area contributed by atoms with Crippen LogP contribution in [0.3, 0.4) is 0 Å². The summed E-state index contributed by atoms with van der Waals surface area (Å²) < 4.78 is 1.96. The zero-order valence-electron chi connectivity index (χ0n) is 14.9. The van der Waals surface area contributed by atoms with E-state index in [0.29, 0.717) is 10.5 Å². The van der Waals surface area contributed by atoms with Crippen molar-refractivity contribution in [1.29, 1.82) is 0 Å². The molecule has 2 aromatic rings. The quantitative estimate of drug-likeness (QED) is 0.756. The van der Waals surface area contributed by atoms with Gasteiger partial charge >= 0.3 is 5.97 Å². The van der Waals surface area contributed by atoms with Crippen LogP contribution in [0, 0.1) is 13.8 Å². The van der Waals surface area contributed by atoms with Crippen molar-refractivity contribution in [3.8, 4) is 5.00 Å². The molecule has 0 bridgehead atoms. The first-order valence-corrected chi connectivity index (χ1v) is 10.3. The van der Waals surface area contributed by atoms with Gasteiger partial charge in [-0.05, 0) is 74.6 Å². The van der Waals surface area contributed by atoms with Gasteiger partial charge < -0.3 is 9.67 Å². The Labute approximate surface area is 164 Å². The number of aryl methyl sites for hydroxylation is 2. The van der Waals surface area contributed by atoms with Crippen LogP contribution in [0.15, 0.2) is 11.0 Å². The van der Waals surface area contributed by atoms with Crippen molar-refractivity contribution in [3.05, 3.63) is 43.9 Å². The van der Waals surface area contributed by atoms with Gasteiger partial charge in [0.05, 0.1) is 10.5 Å². The van der Waals surface area contributed by atoms with Crippen LogP contribution in [0.5, 0.6) is 0 Å². The van der Waals surface area contributed by atoms with Crippen LogP contribution < -0.4 is 5.32 Å². The smallest absolute Gasteiger partial charge is 0.339 e. The lowest BCUT2D eigenvalue weighted by Gasteiger charge is -2.11. The molecule has 2 amide bonds. The second-order valence-corrected chi connectivity index (χ2v) is 8.81. The van der Waals surface area contributed by atoms with Gasteiger partial charge in [-0.2, -0.15) is 0 Å². The predicted molar refractivity (Wildman–Crippen MR) is 106 cm³/mol. The Bertz CT molecular complexity index is 1030. The van der Waals surface area contributed by atoms with Crippen molar-refractivity contribution in [1.82, 2.24) is 9.88 Å². The van der Waals surface area contributed by atoms with Crippen LogP contribution in [-0.4, -0.2) is 26.8 Å². The van der Waals surface area contributed by atoms with Gasteiger partial charge in [0.2, 0.25) is 0 Å². The third kappa shape index (κ3) is 3.02. The highest BCUT2D eigenvalue weighted by molar-refractivity contribution is 8.18.